The maximum atomic E-state index is 12.1. The van der Waals surface area contributed by atoms with Gasteiger partial charge in [-0.05, 0) is 52.4 Å². The van der Waals surface area contributed by atoms with Crippen LogP contribution in [-0.2, 0) is 16.0 Å². The van der Waals surface area contributed by atoms with Crippen molar-refractivity contribution in [3.05, 3.63) is 70.0 Å². The monoisotopic (exact) mass is 476 g/mol. The van der Waals surface area contributed by atoms with E-state index < -0.39 is 6.09 Å². The van der Waals surface area contributed by atoms with Gasteiger partial charge in [0.2, 0.25) is 0 Å². The van der Waals surface area contributed by atoms with Gasteiger partial charge in [0.05, 0.1) is 25.8 Å². The number of carbonyl (C=O) groups is 1. The Hall–Kier alpha value is -2.72. The molecule has 1 N–H and O–H groups in total. The summed E-state index contributed by atoms with van der Waals surface area (Å²) < 4.78 is 12.5. The number of nitrogens with zero attached hydrogens (tertiary/aromatic N) is 5. The number of tetrazole rings is 1. The lowest BCUT2D eigenvalue weighted by atomic mass is 10.0. The number of rotatable bonds is 7. The van der Waals surface area contributed by atoms with Gasteiger partial charge in [0.25, 0.3) is 0 Å². The van der Waals surface area contributed by atoms with E-state index in [0.29, 0.717) is 41.3 Å². The summed E-state index contributed by atoms with van der Waals surface area (Å²) in [6.45, 7) is 3.19. The van der Waals surface area contributed by atoms with Gasteiger partial charge in [-0.3, -0.25) is 10.2 Å². The molecule has 0 unspecified atom stereocenters. The van der Waals surface area contributed by atoms with Crippen LogP contribution in [0.2, 0.25) is 10.0 Å². The second-order valence-corrected chi connectivity index (χ2v) is 8.00. The predicted octanol–water partition coefficient (Wildman–Crippen LogP) is 3.65. The van der Waals surface area contributed by atoms with Gasteiger partial charge >= 0.3 is 6.09 Å². The van der Waals surface area contributed by atoms with Gasteiger partial charge in [0, 0.05) is 28.8 Å². The van der Waals surface area contributed by atoms with Crippen molar-refractivity contribution in [1.29, 1.82) is 0 Å². The van der Waals surface area contributed by atoms with Crippen LogP contribution >= 0.6 is 23.2 Å². The maximum absolute atomic E-state index is 12.1. The molecule has 4 rings (SSSR count). The molecule has 3 aromatic rings. The first-order chi connectivity index (χ1) is 15.6. The van der Waals surface area contributed by atoms with Crippen LogP contribution in [0.3, 0.4) is 0 Å². The number of carbonyl (C=O) groups excluding carboxylic acids is 1. The topological polar surface area (TPSA) is 94.4 Å². The third-order valence-electron chi connectivity index (χ3n) is 5.03. The molecule has 1 aliphatic rings. The molecule has 0 radical (unpaired) electrons. The Kier molecular flexibility index (Phi) is 7.54. The fourth-order valence-electron chi connectivity index (χ4n) is 3.48. The lowest BCUT2D eigenvalue weighted by Gasteiger charge is -2.33. The molecule has 2 heterocycles. The fourth-order valence-corrected chi connectivity index (χ4v) is 3.73. The summed E-state index contributed by atoms with van der Waals surface area (Å²) in [6.07, 6.45) is -0.565. The quantitative estimate of drug-likeness (QED) is 0.555. The molecule has 0 saturated carbocycles. The maximum Gasteiger partial charge on any atom is 0.411 e. The van der Waals surface area contributed by atoms with Crippen molar-refractivity contribution in [1.82, 2.24) is 25.1 Å². The Morgan fingerprint density at radius 1 is 1.06 bits per heavy atom. The molecule has 32 heavy (non-hydrogen) atoms. The van der Waals surface area contributed by atoms with Crippen molar-refractivity contribution in [2.24, 2.45) is 0 Å². The molecular weight excluding hydrogens is 455 g/mol. The van der Waals surface area contributed by atoms with Crippen LogP contribution in [0.1, 0.15) is 17.4 Å². The van der Waals surface area contributed by atoms with Crippen molar-refractivity contribution in [3.63, 3.8) is 0 Å². The number of ether oxygens (including phenoxy) is 2. The molecule has 11 heteroatoms. The minimum Gasteiger partial charge on any atom is -0.447 e. The lowest BCUT2D eigenvalue weighted by molar-refractivity contribution is 0.0214. The van der Waals surface area contributed by atoms with Crippen molar-refractivity contribution in [2.75, 3.05) is 38.2 Å². The van der Waals surface area contributed by atoms with Crippen molar-refractivity contribution >= 4 is 35.0 Å². The average molecular weight is 477 g/mol. The van der Waals surface area contributed by atoms with E-state index in [2.05, 4.69) is 25.7 Å². The summed E-state index contributed by atoms with van der Waals surface area (Å²) in [7, 11) is 0. The Labute approximate surface area is 195 Å². The van der Waals surface area contributed by atoms with Gasteiger partial charge < -0.3 is 9.47 Å². The van der Waals surface area contributed by atoms with Crippen molar-refractivity contribution < 1.29 is 14.3 Å². The molecule has 1 aliphatic heterocycles. The van der Waals surface area contributed by atoms with E-state index in [9.17, 15) is 4.79 Å². The molecule has 0 bridgehead atoms. The highest BCUT2D eigenvalue weighted by Crippen LogP contribution is 2.28. The predicted molar refractivity (Wildman–Crippen MR) is 120 cm³/mol. The van der Waals surface area contributed by atoms with Crippen LogP contribution in [0.25, 0.3) is 0 Å². The van der Waals surface area contributed by atoms with E-state index in [4.69, 9.17) is 32.7 Å². The number of halogens is 2. The minimum atomic E-state index is -0.565. The van der Waals surface area contributed by atoms with Gasteiger partial charge in [-0.2, -0.15) is 0 Å². The fraction of sp³-hybridized carbons (Fsp3) is 0.333. The molecule has 1 aromatic heterocycles. The Balaban J connectivity index is 1.43. The Bertz CT molecular complexity index is 1020. The summed E-state index contributed by atoms with van der Waals surface area (Å²) in [4.78, 5) is 14.4. The Morgan fingerprint density at radius 2 is 1.72 bits per heavy atom. The standard InChI is InChI=1S/C21H22Cl2N6O3/c22-16-3-1-15(2-4-16)19(28-9-12-31-13-10-28)20-25-26-27-29(20)11-14-32-21(30)24-18-7-5-17(23)6-8-18/h1-8,19H,9-14H2,(H,24,30)/t19-/m0/s1. The highest BCUT2D eigenvalue weighted by Gasteiger charge is 2.29. The highest BCUT2D eigenvalue weighted by atomic mass is 35.5. The number of nitrogens with one attached hydrogen (secondary N) is 1. The first-order valence-corrected chi connectivity index (χ1v) is 10.9. The molecule has 1 amide bonds. The molecule has 1 fully saturated rings. The molecule has 2 aromatic carbocycles. The highest BCUT2D eigenvalue weighted by molar-refractivity contribution is 6.30. The molecule has 168 valence electrons. The molecule has 9 nitrogen and oxygen atoms in total. The summed E-state index contributed by atoms with van der Waals surface area (Å²) >= 11 is 11.9. The third-order valence-corrected chi connectivity index (χ3v) is 5.53. The van der Waals surface area contributed by atoms with E-state index in [1.54, 1.807) is 28.9 Å². The molecular formula is C21H22Cl2N6O3. The number of morpholine rings is 1. The van der Waals surface area contributed by atoms with E-state index >= 15 is 0 Å². The first-order valence-electron chi connectivity index (χ1n) is 10.1. The SMILES string of the molecule is O=C(Nc1ccc(Cl)cc1)OCCn1nnnc1[C@H](c1ccc(Cl)cc1)N1CCOCC1. The van der Waals surface area contributed by atoms with Gasteiger partial charge in [-0.25, -0.2) is 9.48 Å². The molecule has 1 atom stereocenters. The zero-order chi connectivity index (χ0) is 22.3. The average Bonchev–Trinajstić information content (AvgIpc) is 3.25. The lowest BCUT2D eigenvalue weighted by Crippen LogP contribution is -2.40. The second kappa shape index (κ2) is 10.7. The second-order valence-electron chi connectivity index (χ2n) is 7.13. The van der Waals surface area contributed by atoms with Crippen LogP contribution in [-0.4, -0.2) is 64.1 Å². The Morgan fingerprint density at radius 3 is 2.41 bits per heavy atom. The number of benzene rings is 2. The largest absolute Gasteiger partial charge is 0.447 e. The van der Waals surface area contributed by atoms with Crippen LogP contribution in [0.15, 0.2) is 48.5 Å². The van der Waals surface area contributed by atoms with Crippen LogP contribution in [0, 0.1) is 0 Å². The van der Waals surface area contributed by atoms with E-state index in [-0.39, 0.29) is 12.6 Å². The van der Waals surface area contributed by atoms with Crippen LogP contribution in [0.4, 0.5) is 10.5 Å². The third kappa shape index (κ3) is 5.74. The zero-order valence-corrected chi connectivity index (χ0v) is 18.7. The smallest absolute Gasteiger partial charge is 0.411 e. The van der Waals surface area contributed by atoms with Gasteiger partial charge in [-0.15, -0.1) is 5.10 Å². The first kappa shape index (κ1) is 22.5. The van der Waals surface area contributed by atoms with Gasteiger partial charge in [0.1, 0.15) is 6.61 Å². The minimum absolute atomic E-state index is 0.105. The zero-order valence-electron chi connectivity index (χ0n) is 17.2. The number of anilines is 1. The molecule has 0 aliphatic carbocycles. The molecule has 1 saturated heterocycles. The number of hydrogen-bond donors (Lipinski definition) is 1. The van der Waals surface area contributed by atoms with Crippen LogP contribution < -0.4 is 5.32 Å². The number of aromatic nitrogens is 4. The van der Waals surface area contributed by atoms with E-state index in [0.717, 1.165) is 18.7 Å². The summed E-state index contributed by atoms with van der Waals surface area (Å²) in [5.74, 6) is 0.663. The van der Waals surface area contributed by atoms with Crippen LogP contribution in [0.5, 0.6) is 0 Å². The molecule has 0 spiro atoms. The summed E-state index contributed by atoms with van der Waals surface area (Å²) in [6, 6.07) is 14.2. The van der Waals surface area contributed by atoms with Crippen molar-refractivity contribution in [3.8, 4) is 0 Å². The summed E-state index contributed by atoms with van der Waals surface area (Å²) in [5, 5.41) is 16.2. The normalized spacial score (nSPS) is 15.3. The number of amides is 1. The van der Waals surface area contributed by atoms with E-state index in [1.807, 2.05) is 24.3 Å². The summed E-state index contributed by atoms with van der Waals surface area (Å²) in [5.41, 5.74) is 1.62. The van der Waals surface area contributed by atoms with E-state index in [1.165, 1.54) is 0 Å². The van der Waals surface area contributed by atoms with Crippen molar-refractivity contribution in [2.45, 2.75) is 12.6 Å². The van der Waals surface area contributed by atoms with Gasteiger partial charge in [0.15, 0.2) is 5.82 Å². The number of hydrogen-bond acceptors (Lipinski definition) is 7. The van der Waals surface area contributed by atoms with Gasteiger partial charge in [-0.1, -0.05) is 35.3 Å².